The number of fused-ring (bicyclic) bond motifs is 1. The summed E-state index contributed by atoms with van der Waals surface area (Å²) in [6, 6.07) is 9.15. The van der Waals surface area contributed by atoms with Gasteiger partial charge < -0.3 is 14.4 Å². The van der Waals surface area contributed by atoms with E-state index in [9.17, 15) is 14.0 Å². The zero-order valence-electron chi connectivity index (χ0n) is 19.5. The summed E-state index contributed by atoms with van der Waals surface area (Å²) in [5.41, 5.74) is 2.52. The molecule has 0 saturated heterocycles. The quantitative estimate of drug-likeness (QED) is 0.513. The molecule has 1 aliphatic rings. The highest BCUT2D eigenvalue weighted by atomic mass is 32.1. The van der Waals surface area contributed by atoms with Gasteiger partial charge in [0.2, 0.25) is 0 Å². The van der Waals surface area contributed by atoms with E-state index in [4.69, 9.17) is 9.47 Å². The Kier molecular flexibility index (Phi) is 6.56. The van der Waals surface area contributed by atoms with Gasteiger partial charge in [-0.3, -0.25) is 10.1 Å². The van der Waals surface area contributed by atoms with Crippen LogP contribution in [-0.4, -0.2) is 47.7 Å². The normalized spacial score (nSPS) is 14.0. The number of carbonyl (C=O) groups excluding carboxylic acids is 2. The summed E-state index contributed by atoms with van der Waals surface area (Å²) in [4.78, 5) is 31.2. The summed E-state index contributed by atoms with van der Waals surface area (Å²) in [6.45, 7) is 6.53. The largest absolute Gasteiger partial charge is 0.494 e. The second kappa shape index (κ2) is 9.42. The zero-order chi connectivity index (χ0) is 24.5. The minimum absolute atomic E-state index is 0.328. The molecule has 0 atom stereocenters. The lowest BCUT2D eigenvalue weighted by Gasteiger charge is -2.29. The molecule has 7 nitrogen and oxygen atoms in total. The highest BCUT2D eigenvalue weighted by molar-refractivity contribution is 7.22. The second-order valence-corrected chi connectivity index (χ2v) is 9.88. The molecule has 0 radical (unpaired) electrons. The molecule has 34 heavy (non-hydrogen) atoms. The Morgan fingerprint density at radius 1 is 1.15 bits per heavy atom. The Balaban J connectivity index is 1.59. The first-order valence-corrected chi connectivity index (χ1v) is 11.7. The van der Waals surface area contributed by atoms with Crippen molar-refractivity contribution in [3.05, 3.63) is 59.4 Å². The van der Waals surface area contributed by atoms with Crippen molar-refractivity contribution in [1.29, 1.82) is 0 Å². The molecular formula is C25H26FN3O4S. The van der Waals surface area contributed by atoms with Gasteiger partial charge in [-0.05, 0) is 74.7 Å². The van der Waals surface area contributed by atoms with E-state index in [-0.39, 0.29) is 12.0 Å². The molecule has 0 spiro atoms. The maximum absolute atomic E-state index is 13.2. The first kappa shape index (κ1) is 23.7. The van der Waals surface area contributed by atoms with Crippen molar-refractivity contribution < 1.29 is 23.5 Å². The monoisotopic (exact) mass is 483 g/mol. The number of aromatic nitrogens is 1. The number of benzene rings is 2. The summed E-state index contributed by atoms with van der Waals surface area (Å²) < 4.78 is 25.0. The highest BCUT2D eigenvalue weighted by Crippen LogP contribution is 2.39. The lowest BCUT2D eigenvalue weighted by molar-refractivity contribution is 0.0270. The Morgan fingerprint density at radius 2 is 1.88 bits per heavy atom. The fourth-order valence-corrected chi connectivity index (χ4v) is 4.66. The molecule has 1 N–H and O–H groups in total. The molecule has 2 aromatic carbocycles. The molecule has 3 aromatic rings. The third-order valence-corrected chi connectivity index (χ3v) is 6.26. The molecule has 1 aromatic heterocycles. The molecule has 178 valence electrons. The van der Waals surface area contributed by atoms with E-state index in [2.05, 4.69) is 10.3 Å². The number of carbonyl (C=O) groups is 2. The Labute approximate surface area is 201 Å². The van der Waals surface area contributed by atoms with Crippen LogP contribution in [0.4, 0.5) is 14.3 Å². The van der Waals surface area contributed by atoms with Crippen LogP contribution in [0.2, 0.25) is 0 Å². The van der Waals surface area contributed by atoms with Gasteiger partial charge in [0.05, 0.1) is 11.8 Å². The Hall–Kier alpha value is -3.46. The minimum Gasteiger partial charge on any atom is -0.494 e. The molecule has 0 fully saturated rings. The number of methoxy groups -OCH3 is 1. The maximum atomic E-state index is 13.2. The third-order valence-electron chi connectivity index (χ3n) is 5.26. The van der Waals surface area contributed by atoms with Crippen LogP contribution in [0.15, 0.2) is 42.5 Å². The van der Waals surface area contributed by atoms with E-state index < -0.39 is 11.4 Å². The molecule has 0 bridgehead atoms. The number of thiazole rings is 1. The van der Waals surface area contributed by atoms with Crippen molar-refractivity contribution in [3.63, 3.8) is 0 Å². The van der Waals surface area contributed by atoms with E-state index in [0.717, 1.165) is 15.8 Å². The number of nitrogens with zero attached hydrogens (tertiary/aromatic N) is 2. The van der Waals surface area contributed by atoms with Gasteiger partial charge in [0.1, 0.15) is 22.7 Å². The average Bonchev–Trinajstić information content (AvgIpc) is 3.21. The van der Waals surface area contributed by atoms with Gasteiger partial charge in [-0.2, -0.15) is 0 Å². The van der Waals surface area contributed by atoms with Crippen molar-refractivity contribution in [2.24, 2.45) is 0 Å². The van der Waals surface area contributed by atoms with Crippen molar-refractivity contribution in [2.45, 2.75) is 32.8 Å². The van der Waals surface area contributed by atoms with Crippen molar-refractivity contribution in [2.75, 3.05) is 25.5 Å². The van der Waals surface area contributed by atoms with Crippen molar-refractivity contribution in [1.82, 2.24) is 9.88 Å². The first-order chi connectivity index (χ1) is 16.1. The van der Waals surface area contributed by atoms with Crippen LogP contribution < -0.4 is 10.1 Å². The third kappa shape index (κ3) is 5.20. The highest BCUT2D eigenvalue weighted by Gasteiger charge is 2.25. The number of amides is 2. The van der Waals surface area contributed by atoms with Crippen LogP contribution >= 0.6 is 11.3 Å². The Bertz CT molecular complexity index is 1260. The Morgan fingerprint density at radius 3 is 2.50 bits per heavy atom. The number of hydrogen-bond acceptors (Lipinski definition) is 6. The van der Waals surface area contributed by atoms with E-state index in [1.165, 1.54) is 35.6 Å². The van der Waals surface area contributed by atoms with Gasteiger partial charge in [0, 0.05) is 18.7 Å². The van der Waals surface area contributed by atoms with Crippen LogP contribution in [-0.2, 0) is 4.74 Å². The average molecular weight is 484 g/mol. The number of hydrogen-bond donors (Lipinski definition) is 1. The molecule has 9 heteroatoms. The van der Waals surface area contributed by atoms with E-state index in [1.54, 1.807) is 12.0 Å². The summed E-state index contributed by atoms with van der Waals surface area (Å²) in [5.74, 6) is -0.176. The van der Waals surface area contributed by atoms with E-state index in [0.29, 0.717) is 41.5 Å². The second-order valence-electron chi connectivity index (χ2n) is 8.88. The predicted molar refractivity (Wildman–Crippen MR) is 131 cm³/mol. The molecular weight excluding hydrogens is 457 g/mol. The smallest absolute Gasteiger partial charge is 0.410 e. The summed E-state index contributed by atoms with van der Waals surface area (Å²) >= 11 is 1.35. The van der Waals surface area contributed by atoms with Gasteiger partial charge in [-0.1, -0.05) is 17.4 Å². The van der Waals surface area contributed by atoms with Crippen LogP contribution in [0.3, 0.4) is 0 Å². The predicted octanol–water partition coefficient (Wildman–Crippen LogP) is 5.72. The molecule has 1 aliphatic heterocycles. The molecule has 0 unspecified atom stereocenters. The number of rotatable bonds is 4. The van der Waals surface area contributed by atoms with Crippen molar-refractivity contribution >= 4 is 44.3 Å². The lowest BCUT2D eigenvalue weighted by Crippen LogP contribution is -2.39. The first-order valence-electron chi connectivity index (χ1n) is 10.9. The molecule has 0 saturated carbocycles. The summed E-state index contributed by atoms with van der Waals surface area (Å²) in [6.07, 6.45) is 2.35. The molecule has 2 amide bonds. The van der Waals surface area contributed by atoms with Gasteiger partial charge in [-0.15, -0.1) is 0 Å². The SMILES string of the molecule is COc1ccc(C2=CCN(C(=O)OC(C)(C)C)CC2)c2sc(NC(=O)c3ccc(F)cc3)nc12. The standard InChI is InChI=1S/C25H26FN3O4S/c1-25(2,3)33-24(31)29-13-11-15(12-14-29)18-9-10-19(32-4)20-21(18)34-23(27-20)28-22(30)16-5-7-17(26)8-6-16/h5-11H,12-14H2,1-4H3,(H,27,28,30). The fraction of sp³-hybridized carbons (Fsp3) is 0.320. The summed E-state index contributed by atoms with van der Waals surface area (Å²) in [5, 5.41) is 3.21. The minimum atomic E-state index is -0.541. The number of anilines is 1. The molecule has 0 aliphatic carbocycles. The zero-order valence-corrected chi connectivity index (χ0v) is 20.3. The molecule has 2 heterocycles. The number of ether oxygens (including phenoxy) is 2. The van der Waals surface area contributed by atoms with Crippen LogP contribution in [0.1, 0.15) is 43.1 Å². The lowest BCUT2D eigenvalue weighted by atomic mass is 9.99. The van der Waals surface area contributed by atoms with Crippen LogP contribution in [0.5, 0.6) is 5.75 Å². The van der Waals surface area contributed by atoms with Gasteiger partial charge in [0.15, 0.2) is 5.13 Å². The van der Waals surface area contributed by atoms with Gasteiger partial charge in [0.25, 0.3) is 5.91 Å². The number of halogens is 1. The van der Waals surface area contributed by atoms with Gasteiger partial charge >= 0.3 is 6.09 Å². The maximum Gasteiger partial charge on any atom is 0.410 e. The fourth-order valence-electron chi connectivity index (χ4n) is 3.63. The van der Waals surface area contributed by atoms with Crippen molar-refractivity contribution in [3.8, 4) is 5.75 Å². The number of nitrogens with one attached hydrogen (secondary N) is 1. The molecule has 4 rings (SSSR count). The van der Waals surface area contributed by atoms with Crippen LogP contribution in [0, 0.1) is 5.82 Å². The van der Waals surface area contributed by atoms with E-state index >= 15 is 0 Å². The van der Waals surface area contributed by atoms with E-state index in [1.807, 2.05) is 39.0 Å². The summed E-state index contributed by atoms with van der Waals surface area (Å²) in [7, 11) is 1.57. The van der Waals surface area contributed by atoms with Crippen LogP contribution in [0.25, 0.3) is 15.8 Å². The topological polar surface area (TPSA) is 80.8 Å². The van der Waals surface area contributed by atoms with Gasteiger partial charge in [-0.25, -0.2) is 14.2 Å².